The van der Waals surface area contributed by atoms with Gasteiger partial charge < -0.3 is 10.6 Å². The minimum Gasteiger partial charge on any atom is -0.354 e. The molecule has 0 saturated carbocycles. The lowest BCUT2D eigenvalue weighted by Gasteiger charge is -2.26. The first-order valence-electron chi connectivity index (χ1n) is 7.10. The van der Waals surface area contributed by atoms with Crippen LogP contribution in [-0.2, 0) is 13.9 Å². The van der Waals surface area contributed by atoms with Crippen LogP contribution < -0.4 is 10.6 Å². The highest BCUT2D eigenvalue weighted by molar-refractivity contribution is 9.09. The fraction of sp³-hybridized carbons (Fsp3) is 0.176. The van der Waals surface area contributed by atoms with E-state index in [0.29, 0.717) is 0 Å². The molecule has 2 aromatic rings. The molecule has 2 aromatic carbocycles. The first kappa shape index (κ1) is 15.7. The van der Waals surface area contributed by atoms with Gasteiger partial charge in [0.15, 0.2) is 0 Å². The topological polar surface area (TPSA) is 58.2 Å². The summed E-state index contributed by atoms with van der Waals surface area (Å²) in [4.78, 5) is 24.8. The quantitative estimate of drug-likeness (QED) is 0.639. The van der Waals surface area contributed by atoms with Crippen LogP contribution in [0.2, 0.25) is 0 Å². The average molecular weight is 377 g/mol. The Morgan fingerprint density at radius 1 is 1.17 bits per heavy atom. The Morgan fingerprint density at radius 3 is 2.52 bits per heavy atom. The highest BCUT2D eigenvalue weighted by atomic mass is 79.9. The van der Waals surface area contributed by atoms with Crippen molar-refractivity contribution in [2.75, 3.05) is 11.9 Å². The Balaban J connectivity index is 1.91. The van der Waals surface area contributed by atoms with Gasteiger partial charge in [-0.25, -0.2) is 4.39 Å². The van der Waals surface area contributed by atoms with Gasteiger partial charge in [-0.3, -0.25) is 9.59 Å². The Morgan fingerprint density at radius 2 is 1.83 bits per heavy atom. The summed E-state index contributed by atoms with van der Waals surface area (Å²) in [7, 11) is 0. The SMILES string of the molecule is O=C1NCC(Br)(c2ccccc2)C1C(=O)Nc1ccccc1F. The second-order valence-electron chi connectivity index (χ2n) is 5.35. The molecule has 6 heteroatoms. The van der Waals surface area contributed by atoms with Crippen molar-refractivity contribution in [1.29, 1.82) is 0 Å². The standard InChI is InChI=1S/C17H14BrFN2O2/c18-17(11-6-2-1-3-7-11)10-20-15(22)14(17)16(23)21-13-9-5-4-8-12(13)19/h1-9,14H,10H2,(H,20,22)(H,21,23). The summed E-state index contributed by atoms with van der Waals surface area (Å²) in [6.07, 6.45) is 0. The zero-order valence-corrected chi connectivity index (χ0v) is 13.6. The molecule has 23 heavy (non-hydrogen) atoms. The van der Waals surface area contributed by atoms with Gasteiger partial charge in [-0.1, -0.05) is 58.4 Å². The van der Waals surface area contributed by atoms with Crippen LogP contribution in [0, 0.1) is 11.7 Å². The predicted octanol–water partition coefficient (Wildman–Crippen LogP) is 2.80. The predicted molar refractivity (Wildman–Crippen MR) is 88.6 cm³/mol. The molecule has 3 rings (SSSR count). The number of rotatable bonds is 3. The Labute approximate surface area is 141 Å². The Kier molecular flexibility index (Phi) is 4.17. The molecule has 2 atom stereocenters. The van der Waals surface area contributed by atoms with Gasteiger partial charge in [-0.05, 0) is 17.7 Å². The molecule has 1 fully saturated rings. The van der Waals surface area contributed by atoms with Crippen molar-refractivity contribution in [3.05, 3.63) is 66.0 Å². The highest BCUT2D eigenvalue weighted by Gasteiger charge is 2.52. The van der Waals surface area contributed by atoms with Crippen molar-refractivity contribution < 1.29 is 14.0 Å². The van der Waals surface area contributed by atoms with E-state index in [1.54, 1.807) is 6.07 Å². The fourth-order valence-electron chi connectivity index (χ4n) is 2.71. The largest absolute Gasteiger partial charge is 0.354 e. The molecule has 1 heterocycles. The van der Waals surface area contributed by atoms with Crippen LogP contribution in [0.5, 0.6) is 0 Å². The van der Waals surface area contributed by atoms with Gasteiger partial charge >= 0.3 is 0 Å². The van der Waals surface area contributed by atoms with Crippen molar-refractivity contribution in [1.82, 2.24) is 5.32 Å². The highest BCUT2D eigenvalue weighted by Crippen LogP contribution is 2.42. The molecular weight excluding hydrogens is 363 g/mol. The van der Waals surface area contributed by atoms with Gasteiger partial charge in [-0.15, -0.1) is 0 Å². The average Bonchev–Trinajstić information content (AvgIpc) is 2.87. The number of amides is 2. The monoisotopic (exact) mass is 376 g/mol. The molecule has 0 radical (unpaired) electrons. The molecule has 0 aromatic heterocycles. The molecule has 2 N–H and O–H groups in total. The van der Waals surface area contributed by atoms with Crippen molar-refractivity contribution >= 4 is 33.4 Å². The van der Waals surface area contributed by atoms with E-state index in [1.165, 1.54) is 18.2 Å². The third kappa shape index (κ3) is 2.86. The molecular formula is C17H14BrFN2O2. The van der Waals surface area contributed by atoms with Gasteiger partial charge in [0.2, 0.25) is 11.8 Å². The number of halogens is 2. The molecule has 118 valence electrons. The van der Waals surface area contributed by atoms with Crippen molar-refractivity contribution in [3.63, 3.8) is 0 Å². The van der Waals surface area contributed by atoms with Gasteiger partial charge in [0.25, 0.3) is 0 Å². The number of anilines is 1. The number of carbonyl (C=O) groups excluding carboxylic acids is 2. The summed E-state index contributed by atoms with van der Waals surface area (Å²) >= 11 is 3.56. The normalized spacial score (nSPS) is 23.4. The number of hydrogen-bond acceptors (Lipinski definition) is 2. The Bertz CT molecular complexity index is 753. The molecule has 4 nitrogen and oxygen atoms in total. The van der Waals surface area contributed by atoms with Gasteiger partial charge in [0.1, 0.15) is 11.7 Å². The number of hydrogen-bond donors (Lipinski definition) is 2. The van der Waals surface area contributed by atoms with Crippen molar-refractivity contribution in [3.8, 4) is 0 Å². The lowest BCUT2D eigenvalue weighted by Crippen LogP contribution is -2.39. The van der Waals surface area contributed by atoms with Gasteiger partial charge in [0, 0.05) is 6.54 Å². The number of alkyl halides is 1. The second kappa shape index (κ2) is 6.12. The summed E-state index contributed by atoms with van der Waals surface area (Å²) in [5.41, 5.74) is 0.868. The summed E-state index contributed by atoms with van der Waals surface area (Å²) in [5.74, 6) is -2.48. The summed E-state index contributed by atoms with van der Waals surface area (Å²) in [5, 5.41) is 5.20. The van der Waals surface area contributed by atoms with Crippen LogP contribution in [-0.4, -0.2) is 18.4 Å². The van der Waals surface area contributed by atoms with Crippen LogP contribution in [0.4, 0.5) is 10.1 Å². The van der Waals surface area contributed by atoms with E-state index >= 15 is 0 Å². The lowest BCUT2D eigenvalue weighted by molar-refractivity contribution is -0.130. The zero-order valence-electron chi connectivity index (χ0n) is 12.1. The maximum Gasteiger partial charge on any atom is 0.238 e. The van der Waals surface area contributed by atoms with Crippen LogP contribution in [0.3, 0.4) is 0 Å². The maximum atomic E-state index is 13.7. The molecule has 2 amide bonds. The van der Waals surface area contributed by atoms with Crippen molar-refractivity contribution in [2.24, 2.45) is 5.92 Å². The van der Waals surface area contributed by atoms with Crippen LogP contribution >= 0.6 is 15.9 Å². The van der Waals surface area contributed by atoms with Gasteiger partial charge in [0.05, 0.1) is 10.0 Å². The van der Waals surface area contributed by atoms with Crippen LogP contribution in [0.25, 0.3) is 0 Å². The minimum absolute atomic E-state index is 0.0557. The second-order valence-corrected chi connectivity index (χ2v) is 6.76. The van der Waals surface area contributed by atoms with E-state index in [-0.39, 0.29) is 18.1 Å². The molecule has 1 aliphatic rings. The first-order valence-corrected chi connectivity index (χ1v) is 7.89. The number of benzene rings is 2. The summed E-state index contributed by atoms with van der Waals surface area (Å²) in [6.45, 7) is 0.283. The number of para-hydroxylation sites is 1. The van der Waals surface area contributed by atoms with E-state index in [0.717, 1.165) is 5.56 Å². The van der Waals surface area contributed by atoms with Crippen molar-refractivity contribution in [2.45, 2.75) is 4.32 Å². The fourth-order valence-corrected chi connectivity index (χ4v) is 3.53. The molecule has 0 aliphatic carbocycles. The molecule has 1 saturated heterocycles. The smallest absolute Gasteiger partial charge is 0.238 e. The lowest BCUT2D eigenvalue weighted by atomic mass is 9.87. The summed E-state index contributed by atoms with van der Waals surface area (Å²) in [6, 6.07) is 15.1. The summed E-state index contributed by atoms with van der Waals surface area (Å²) < 4.78 is 12.9. The van der Waals surface area contributed by atoms with Gasteiger partial charge in [-0.2, -0.15) is 0 Å². The maximum absolute atomic E-state index is 13.7. The van der Waals surface area contributed by atoms with E-state index in [2.05, 4.69) is 26.6 Å². The minimum atomic E-state index is -0.996. The van der Waals surface area contributed by atoms with Crippen LogP contribution in [0.15, 0.2) is 54.6 Å². The molecule has 2 unspecified atom stereocenters. The van der Waals surface area contributed by atoms with E-state index in [4.69, 9.17) is 0 Å². The molecule has 0 bridgehead atoms. The molecule has 1 aliphatic heterocycles. The molecule has 0 spiro atoms. The Hall–Kier alpha value is -2.21. The third-order valence-electron chi connectivity index (χ3n) is 3.89. The van der Waals surface area contributed by atoms with E-state index < -0.39 is 22.0 Å². The first-order chi connectivity index (χ1) is 11.0. The number of nitrogens with one attached hydrogen (secondary N) is 2. The van der Waals surface area contributed by atoms with E-state index in [9.17, 15) is 14.0 Å². The zero-order chi connectivity index (χ0) is 16.4. The number of carbonyl (C=O) groups is 2. The van der Waals surface area contributed by atoms with Crippen LogP contribution in [0.1, 0.15) is 5.56 Å². The van der Waals surface area contributed by atoms with E-state index in [1.807, 2.05) is 30.3 Å². The third-order valence-corrected chi connectivity index (χ3v) is 5.08.